The lowest BCUT2D eigenvalue weighted by Crippen LogP contribution is -2.30. The number of rotatable bonds is 5. The molecule has 30 heavy (non-hydrogen) atoms. The van der Waals surface area contributed by atoms with Crippen molar-refractivity contribution in [2.45, 2.75) is 6.54 Å². The van der Waals surface area contributed by atoms with Gasteiger partial charge in [-0.25, -0.2) is 14.0 Å². The van der Waals surface area contributed by atoms with Gasteiger partial charge in [0.25, 0.3) is 5.91 Å². The van der Waals surface area contributed by atoms with Crippen molar-refractivity contribution in [1.29, 1.82) is 0 Å². The summed E-state index contributed by atoms with van der Waals surface area (Å²) in [5.74, 6) is -0.703. The Morgan fingerprint density at radius 3 is 2.77 bits per heavy atom. The molecular formula is C21H15FN2O6. The topological polar surface area (TPSA) is 102 Å². The third kappa shape index (κ3) is 3.72. The summed E-state index contributed by atoms with van der Waals surface area (Å²) in [7, 11) is 1.22. The molecule has 0 radical (unpaired) electrons. The van der Waals surface area contributed by atoms with Crippen LogP contribution in [0.3, 0.4) is 0 Å². The lowest BCUT2D eigenvalue weighted by atomic mass is 10.2. The van der Waals surface area contributed by atoms with Gasteiger partial charge in [0, 0.05) is 11.6 Å². The van der Waals surface area contributed by atoms with Crippen LogP contribution >= 0.6 is 0 Å². The minimum Gasteiger partial charge on any atom is -0.463 e. The second-order valence-corrected chi connectivity index (χ2v) is 6.35. The van der Waals surface area contributed by atoms with Crippen LogP contribution in [0.1, 0.15) is 22.1 Å². The number of carbonyl (C=O) groups excluding carboxylic acids is 3. The first-order valence-electron chi connectivity index (χ1n) is 8.82. The Morgan fingerprint density at radius 1 is 1.17 bits per heavy atom. The zero-order valence-corrected chi connectivity index (χ0v) is 15.7. The van der Waals surface area contributed by atoms with Crippen molar-refractivity contribution in [2.75, 3.05) is 7.11 Å². The molecule has 152 valence electrons. The summed E-state index contributed by atoms with van der Waals surface area (Å²) in [5, 5.41) is 2.47. The summed E-state index contributed by atoms with van der Waals surface area (Å²) in [5.41, 5.74) is 0.558. The number of imide groups is 1. The summed E-state index contributed by atoms with van der Waals surface area (Å²) in [6, 6.07) is 11.4. The Bertz CT molecular complexity index is 1180. The number of esters is 1. The summed E-state index contributed by atoms with van der Waals surface area (Å²) >= 11 is 0. The van der Waals surface area contributed by atoms with Crippen molar-refractivity contribution in [3.8, 4) is 11.3 Å². The van der Waals surface area contributed by atoms with E-state index in [0.717, 1.165) is 4.90 Å². The summed E-state index contributed by atoms with van der Waals surface area (Å²) < 4.78 is 28.9. The monoisotopic (exact) mass is 410 g/mol. The summed E-state index contributed by atoms with van der Waals surface area (Å²) in [6.45, 7) is -0.161. The molecule has 1 aliphatic rings. The van der Waals surface area contributed by atoms with Crippen LogP contribution in [0.15, 0.2) is 63.1 Å². The number of benzene rings is 1. The average molecular weight is 410 g/mol. The molecule has 1 aromatic carbocycles. The number of methoxy groups -OCH3 is 1. The van der Waals surface area contributed by atoms with Gasteiger partial charge < -0.3 is 18.9 Å². The molecule has 9 heteroatoms. The molecule has 3 aromatic rings. The van der Waals surface area contributed by atoms with Gasteiger partial charge in [0.15, 0.2) is 0 Å². The van der Waals surface area contributed by atoms with E-state index in [9.17, 15) is 18.8 Å². The molecule has 4 rings (SSSR count). The van der Waals surface area contributed by atoms with Crippen LogP contribution in [0.5, 0.6) is 0 Å². The Morgan fingerprint density at radius 2 is 2.00 bits per heavy atom. The van der Waals surface area contributed by atoms with Crippen molar-refractivity contribution in [3.05, 3.63) is 77.3 Å². The molecule has 0 bridgehead atoms. The molecule has 0 unspecified atom stereocenters. The predicted molar refractivity (Wildman–Crippen MR) is 101 cm³/mol. The number of urea groups is 1. The third-order valence-corrected chi connectivity index (χ3v) is 4.35. The highest BCUT2D eigenvalue weighted by Gasteiger charge is 2.34. The van der Waals surface area contributed by atoms with E-state index in [1.165, 1.54) is 37.5 Å². The Labute approximate surface area is 169 Å². The SMILES string of the molecule is COC(=O)c1ccc(CN2C(=O)NC(=Cc3ccc(-c4cccc(F)c4)o3)C2=O)o1. The lowest BCUT2D eigenvalue weighted by Gasteiger charge is -2.09. The summed E-state index contributed by atoms with van der Waals surface area (Å²) in [6.07, 6.45) is 1.38. The number of carbonyl (C=O) groups is 3. The van der Waals surface area contributed by atoms with Gasteiger partial charge in [0.05, 0.1) is 13.7 Å². The van der Waals surface area contributed by atoms with Gasteiger partial charge in [-0.15, -0.1) is 0 Å². The molecule has 2 aromatic heterocycles. The van der Waals surface area contributed by atoms with Gasteiger partial charge in [-0.3, -0.25) is 9.69 Å². The molecule has 3 amide bonds. The molecule has 0 atom stereocenters. The highest BCUT2D eigenvalue weighted by molar-refractivity contribution is 6.13. The first-order chi connectivity index (χ1) is 14.4. The molecule has 0 aliphatic carbocycles. The van der Waals surface area contributed by atoms with Gasteiger partial charge in [0.1, 0.15) is 28.8 Å². The smallest absolute Gasteiger partial charge is 0.373 e. The van der Waals surface area contributed by atoms with Crippen molar-refractivity contribution in [3.63, 3.8) is 0 Å². The maximum Gasteiger partial charge on any atom is 0.373 e. The van der Waals surface area contributed by atoms with E-state index in [1.54, 1.807) is 24.3 Å². The molecule has 1 N–H and O–H groups in total. The molecule has 3 heterocycles. The molecule has 8 nitrogen and oxygen atoms in total. The number of hydrogen-bond donors (Lipinski definition) is 1. The molecule has 0 spiro atoms. The van der Waals surface area contributed by atoms with Crippen LogP contribution in [0.4, 0.5) is 9.18 Å². The molecule has 1 fully saturated rings. The Balaban J connectivity index is 1.50. The minimum atomic E-state index is -0.661. The van der Waals surface area contributed by atoms with E-state index < -0.39 is 23.7 Å². The van der Waals surface area contributed by atoms with E-state index in [1.807, 2.05) is 0 Å². The minimum absolute atomic E-state index is 0.0138. The normalized spacial score (nSPS) is 15.0. The average Bonchev–Trinajstić information content (AvgIpc) is 3.45. The maximum absolute atomic E-state index is 13.4. The van der Waals surface area contributed by atoms with Gasteiger partial charge in [-0.1, -0.05) is 12.1 Å². The van der Waals surface area contributed by atoms with Gasteiger partial charge in [0.2, 0.25) is 5.76 Å². The van der Waals surface area contributed by atoms with Crippen LogP contribution in [0.2, 0.25) is 0 Å². The number of nitrogens with one attached hydrogen (secondary N) is 1. The number of halogens is 1. The van der Waals surface area contributed by atoms with Crippen molar-refractivity contribution in [2.24, 2.45) is 0 Å². The standard InChI is InChI=1S/C21H15FN2O6/c1-28-20(26)18-8-6-15(30-18)11-24-19(25)16(23-21(24)27)10-14-5-7-17(29-14)12-3-2-4-13(22)9-12/h2-10H,11H2,1H3,(H,23,27). The lowest BCUT2D eigenvalue weighted by molar-refractivity contribution is -0.123. The van der Waals surface area contributed by atoms with E-state index in [0.29, 0.717) is 17.1 Å². The van der Waals surface area contributed by atoms with Crippen LogP contribution < -0.4 is 5.32 Å². The quantitative estimate of drug-likeness (QED) is 0.392. The van der Waals surface area contributed by atoms with Crippen molar-refractivity contribution >= 4 is 24.0 Å². The van der Waals surface area contributed by atoms with E-state index in [-0.39, 0.29) is 23.8 Å². The van der Waals surface area contributed by atoms with Gasteiger partial charge >= 0.3 is 12.0 Å². The van der Waals surface area contributed by atoms with Gasteiger partial charge in [-0.05, 0) is 36.4 Å². The predicted octanol–water partition coefficient (Wildman–Crippen LogP) is 3.56. The molecule has 1 aliphatic heterocycles. The van der Waals surface area contributed by atoms with Crippen LogP contribution in [-0.4, -0.2) is 29.9 Å². The zero-order valence-electron chi connectivity index (χ0n) is 15.7. The first-order valence-corrected chi connectivity index (χ1v) is 8.82. The Kier molecular flexibility index (Phi) is 4.93. The van der Waals surface area contributed by atoms with Crippen LogP contribution in [0, 0.1) is 5.82 Å². The fraction of sp³-hybridized carbons (Fsp3) is 0.0952. The number of nitrogens with zero attached hydrogens (tertiary/aromatic N) is 1. The van der Waals surface area contributed by atoms with E-state index in [2.05, 4.69) is 10.1 Å². The van der Waals surface area contributed by atoms with Crippen LogP contribution in [-0.2, 0) is 16.1 Å². The zero-order chi connectivity index (χ0) is 21.3. The van der Waals surface area contributed by atoms with Gasteiger partial charge in [-0.2, -0.15) is 0 Å². The molecule has 1 saturated heterocycles. The summed E-state index contributed by atoms with van der Waals surface area (Å²) in [4.78, 5) is 37.2. The van der Waals surface area contributed by atoms with Crippen LogP contribution in [0.25, 0.3) is 17.4 Å². The highest BCUT2D eigenvalue weighted by atomic mass is 19.1. The maximum atomic E-state index is 13.4. The number of ether oxygens (including phenoxy) is 1. The fourth-order valence-electron chi connectivity index (χ4n) is 2.91. The molecular weight excluding hydrogens is 395 g/mol. The Hall–Kier alpha value is -4.14. The molecule has 0 saturated carbocycles. The number of hydrogen-bond acceptors (Lipinski definition) is 6. The van der Waals surface area contributed by atoms with E-state index in [4.69, 9.17) is 8.83 Å². The second kappa shape index (κ2) is 7.70. The number of furan rings is 2. The van der Waals surface area contributed by atoms with Crippen molar-refractivity contribution in [1.82, 2.24) is 10.2 Å². The van der Waals surface area contributed by atoms with E-state index >= 15 is 0 Å². The first kappa shape index (κ1) is 19.2. The third-order valence-electron chi connectivity index (χ3n) is 4.35. The number of amides is 3. The second-order valence-electron chi connectivity index (χ2n) is 6.35. The van der Waals surface area contributed by atoms with Crippen molar-refractivity contribution < 1.29 is 32.3 Å². The largest absolute Gasteiger partial charge is 0.463 e. The highest BCUT2D eigenvalue weighted by Crippen LogP contribution is 2.25. The fourth-order valence-corrected chi connectivity index (χ4v) is 2.91.